The topological polar surface area (TPSA) is 59.2 Å². The quantitative estimate of drug-likeness (QED) is 0.347. The molecular weight excluding hydrogens is 437 g/mol. The van der Waals surface area contributed by atoms with E-state index in [1.807, 2.05) is 47.4 Å². The molecule has 0 unspecified atom stereocenters. The third-order valence-corrected chi connectivity index (χ3v) is 7.36. The molecule has 2 heterocycles. The standard InChI is InChI=1S/C26H20FN3O2S/c27-18-12-9-16(10-13-18)25-28-24(29-32-25)17-11-14-21-23(15-17)33-22-8-4-3-7-20(22)26(31)30(21)19-5-1-2-6-19/h3-4,7-15,19H,1-2,5-6H2. The van der Waals surface area contributed by atoms with Crippen LogP contribution >= 0.6 is 11.8 Å². The molecule has 0 bridgehead atoms. The van der Waals surface area contributed by atoms with E-state index in [0.29, 0.717) is 17.3 Å². The van der Waals surface area contributed by atoms with Crippen LogP contribution < -0.4 is 4.90 Å². The number of hydrogen-bond acceptors (Lipinski definition) is 5. The number of carbonyl (C=O) groups is 1. The summed E-state index contributed by atoms with van der Waals surface area (Å²) < 4.78 is 18.7. The average molecular weight is 458 g/mol. The summed E-state index contributed by atoms with van der Waals surface area (Å²) in [5.74, 6) is 0.535. The highest BCUT2D eigenvalue weighted by Crippen LogP contribution is 2.45. The lowest BCUT2D eigenvalue weighted by Crippen LogP contribution is -2.39. The van der Waals surface area contributed by atoms with E-state index in [9.17, 15) is 9.18 Å². The second-order valence-corrected chi connectivity index (χ2v) is 9.41. The molecule has 1 amide bonds. The molecule has 1 aliphatic heterocycles. The van der Waals surface area contributed by atoms with Gasteiger partial charge >= 0.3 is 0 Å². The van der Waals surface area contributed by atoms with Crippen LogP contribution in [0.4, 0.5) is 10.1 Å². The van der Waals surface area contributed by atoms with Gasteiger partial charge in [-0.1, -0.05) is 41.9 Å². The predicted molar refractivity (Wildman–Crippen MR) is 125 cm³/mol. The molecular formula is C26H20FN3O2S. The van der Waals surface area contributed by atoms with E-state index in [1.54, 1.807) is 23.9 Å². The summed E-state index contributed by atoms with van der Waals surface area (Å²) in [4.78, 5) is 22.0. The Morgan fingerprint density at radius 2 is 1.70 bits per heavy atom. The third kappa shape index (κ3) is 3.62. The minimum absolute atomic E-state index is 0.0645. The van der Waals surface area contributed by atoms with Crippen LogP contribution in [-0.4, -0.2) is 22.1 Å². The Balaban J connectivity index is 1.42. The number of carbonyl (C=O) groups excluding carboxylic acids is 1. The molecule has 3 aromatic carbocycles. The number of amides is 1. The Labute approximate surface area is 194 Å². The zero-order valence-electron chi connectivity index (χ0n) is 17.7. The van der Waals surface area contributed by atoms with Crippen LogP contribution in [0.5, 0.6) is 0 Å². The zero-order chi connectivity index (χ0) is 22.4. The summed E-state index contributed by atoms with van der Waals surface area (Å²) in [6.45, 7) is 0. The van der Waals surface area contributed by atoms with E-state index < -0.39 is 0 Å². The smallest absolute Gasteiger partial charge is 0.259 e. The number of halogens is 1. The van der Waals surface area contributed by atoms with Gasteiger partial charge in [0.05, 0.1) is 11.3 Å². The highest BCUT2D eigenvalue weighted by molar-refractivity contribution is 7.99. The highest BCUT2D eigenvalue weighted by Gasteiger charge is 2.34. The summed E-state index contributed by atoms with van der Waals surface area (Å²) in [6, 6.07) is 19.9. The van der Waals surface area contributed by atoms with Crippen molar-refractivity contribution in [2.75, 3.05) is 4.90 Å². The maximum atomic E-state index is 13.6. The fourth-order valence-corrected chi connectivity index (χ4v) is 5.71. The van der Waals surface area contributed by atoms with Crippen molar-refractivity contribution < 1.29 is 13.7 Å². The van der Waals surface area contributed by atoms with Crippen LogP contribution in [0.25, 0.3) is 22.8 Å². The van der Waals surface area contributed by atoms with Crippen molar-refractivity contribution in [3.63, 3.8) is 0 Å². The Hall–Kier alpha value is -3.45. The number of nitrogens with zero attached hydrogens (tertiary/aromatic N) is 3. The van der Waals surface area contributed by atoms with Crippen molar-refractivity contribution in [2.24, 2.45) is 0 Å². The van der Waals surface area contributed by atoms with Crippen LogP contribution in [0.15, 0.2) is 81.0 Å². The molecule has 4 aromatic rings. The van der Waals surface area contributed by atoms with E-state index in [0.717, 1.165) is 52.3 Å². The fourth-order valence-electron chi connectivity index (χ4n) is 4.60. The molecule has 1 aliphatic carbocycles. The lowest BCUT2D eigenvalue weighted by atomic mass is 10.1. The SMILES string of the molecule is O=C1c2ccccc2Sc2cc(-c3noc(-c4ccc(F)cc4)n3)ccc2N1C1CCCC1. The number of hydrogen-bond donors (Lipinski definition) is 0. The third-order valence-electron chi connectivity index (χ3n) is 6.24. The molecule has 2 aliphatic rings. The molecule has 7 heteroatoms. The van der Waals surface area contributed by atoms with E-state index in [2.05, 4.69) is 10.1 Å². The summed E-state index contributed by atoms with van der Waals surface area (Å²) in [5.41, 5.74) is 3.13. The van der Waals surface area contributed by atoms with Crippen molar-refractivity contribution in [1.29, 1.82) is 0 Å². The predicted octanol–water partition coefficient (Wildman–Crippen LogP) is 6.60. The van der Waals surface area contributed by atoms with Gasteiger partial charge in [0.15, 0.2) is 0 Å². The molecule has 33 heavy (non-hydrogen) atoms. The first-order valence-electron chi connectivity index (χ1n) is 11.0. The summed E-state index contributed by atoms with van der Waals surface area (Å²) >= 11 is 1.59. The van der Waals surface area contributed by atoms with E-state index in [-0.39, 0.29) is 17.8 Å². The second kappa shape index (κ2) is 8.15. The van der Waals surface area contributed by atoms with Crippen LogP contribution in [0, 0.1) is 5.82 Å². The number of aromatic nitrogens is 2. The van der Waals surface area contributed by atoms with Gasteiger partial charge < -0.3 is 9.42 Å². The number of fused-ring (bicyclic) bond motifs is 2. The first-order chi connectivity index (χ1) is 16.2. The lowest BCUT2D eigenvalue weighted by molar-refractivity contribution is 0.0974. The first kappa shape index (κ1) is 20.2. The van der Waals surface area contributed by atoms with Gasteiger partial charge in [-0.2, -0.15) is 4.98 Å². The minimum atomic E-state index is -0.317. The lowest BCUT2D eigenvalue weighted by Gasteiger charge is -2.29. The molecule has 0 N–H and O–H groups in total. The van der Waals surface area contributed by atoms with Gasteiger partial charge in [0, 0.05) is 27.0 Å². The molecule has 1 saturated carbocycles. The average Bonchev–Trinajstić information content (AvgIpc) is 3.52. The molecule has 0 radical (unpaired) electrons. The molecule has 0 atom stereocenters. The van der Waals surface area contributed by atoms with Crippen molar-refractivity contribution in [1.82, 2.24) is 10.1 Å². The van der Waals surface area contributed by atoms with Crippen LogP contribution in [0.2, 0.25) is 0 Å². The second-order valence-electron chi connectivity index (χ2n) is 8.32. The molecule has 1 aromatic heterocycles. The number of benzene rings is 3. The van der Waals surface area contributed by atoms with Crippen molar-refractivity contribution in [3.05, 3.63) is 78.1 Å². The molecule has 0 spiro atoms. The largest absolute Gasteiger partial charge is 0.334 e. The minimum Gasteiger partial charge on any atom is -0.334 e. The number of anilines is 1. The van der Waals surface area contributed by atoms with Crippen molar-refractivity contribution in [2.45, 2.75) is 41.5 Å². The first-order valence-corrected chi connectivity index (χ1v) is 11.8. The molecule has 5 nitrogen and oxygen atoms in total. The molecule has 164 valence electrons. The Bertz CT molecular complexity index is 1350. The van der Waals surface area contributed by atoms with Gasteiger partial charge in [0.25, 0.3) is 11.8 Å². The normalized spacial score (nSPS) is 15.9. The number of rotatable bonds is 3. The van der Waals surface area contributed by atoms with E-state index >= 15 is 0 Å². The van der Waals surface area contributed by atoms with Crippen LogP contribution in [0.3, 0.4) is 0 Å². The summed E-state index contributed by atoms with van der Waals surface area (Å²) in [5, 5.41) is 4.14. The van der Waals surface area contributed by atoms with Crippen LogP contribution in [0.1, 0.15) is 36.0 Å². The molecule has 0 saturated heterocycles. The highest BCUT2D eigenvalue weighted by atomic mass is 32.2. The van der Waals surface area contributed by atoms with Gasteiger partial charge in [-0.3, -0.25) is 4.79 Å². The van der Waals surface area contributed by atoms with Gasteiger partial charge in [0.2, 0.25) is 5.82 Å². The van der Waals surface area contributed by atoms with Gasteiger partial charge in [0.1, 0.15) is 5.82 Å². The molecule has 6 rings (SSSR count). The van der Waals surface area contributed by atoms with Crippen LogP contribution in [-0.2, 0) is 0 Å². The Morgan fingerprint density at radius 1 is 0.939 bits per heavy atom. The Morgan fingerprint density at radius 3 is 2.52 bits per heavy atom. The van der Waals surface area contributed by atoms with Crippen molar-refractivity contribution >= 4 is 23.4 Å². The summed E-state index contributed by atoms with van der Waals surface area (Å²) in [6.07, 6.45) is 4.33. The van der Waals surface area contributed by atoms with E-state index in [1.165, 1.54) is 12.1 Å². The molecule has 1 fully saturated rings. The van der Waals surface area contributed by atoms with Gasteiger partial charge in [-0.05, 0) is 67.4 Å². The zero-order valence-corrected chi connectivity index (χ0v) is 18.5. The maximum Gasteiger partial charge on any atom is 0.259 e. The summed E-state index contributed by atoms with van der Waals surface area (Å²) in [7, 11) is 0. The maximum absolute atomic E-state index is 13.6. The Kier molecular flexibility index (Phi) is 4.99. The van der Waals surface area contributed by atoms with Crippen molar-refractivity contribution in [3.8, 4) is 22.8 Å². The van der Waals surface area contributed by atoms with E-state index in [4.69, 9.17) is 4.52 Å². The monoisotopic (exact) mass is 457 g/mol. The van der Waals surface area contributed by atoms with Gasteiger partial charge in [-0.25, -0.2) is 4.39 Å². The fraction of sp³-hybridized carbons (Fsp3) is 0.192. The van der Waals surface area contributed by atoms with Gasteiger partial charge in [-0.15, -0.1) is 0 Å².